The first kappa shape index (κ1) is 31.4. The lowest BCUT2D eigenvalue weighted by Gasteiger charge is -2.12. The Labute approximate surface area is 207 Å². The summed E-state index contributed by atoms with van der Waals surface area (Å²) in [4.78, 5) is 0. The molecule has 0 spiro atoms. The molecule has 1 saturated carbocycles. The van der Waals surface area contributed by atoms with Gasteiger partial charge in [0.15, 0.2) is 0 Å². The Kier molecular flexibility index (Phi) is 21.1. The molecule has 0 N–H and O–H groups in total. The van der Waals surface area contributed by atoms with E-state index in [9.17, 15) is 0 Å². The minimum Gasteiger partial charge on any atom is -0.384 e. The van der Waals surface area contributed by atoms with Crippen molar-refractivity contribution in [2.24, 2.45) is 17.8 Å². The van der Waals surface area contributed by atoms with E-state index >= 15 is 0 Å². The van der Waals surface area contributed by atoms with Gasteiger partial charge in [-0.2, -0.15) is 0 Å². The minimum absolute atomic E-state index is 0.727. The van der Waals surface area contributed by atoms with Gasteiger partial charge in [-0.15, -0.1) is 6.58 Å². The fourth-order valence-corrected chi connectivity index (χ4v) is 4.04. The van der Waals surface area contributed by atoms with Crippen molar-refractivity contribution in [3.8, 4) is 0 Å². The molecular weight excluding hydrogens is 400 g/mol. The second-order valence-electron chi connectivity index (χ2n) is 9.59. The highest BCUT2D eigenvalue weighted by Crippen LogP contribution is 2.37. The summed E-state index contributed by atoms with van der Waals surface area (Å²) in [5, 5.41) is 0. The molecule has 1 aromatic carbocycles. The van der Waals surface area contributed by atoms with Crippen LogP contribution in [0.1, 0.15) is 97.5 Å². The van der Waals surface area contributed by atoms with Crippen LogP contribution in [0.25, 0.3) is 0 Å². The van der Waals surface area contributed by atoms with Crippen LogP contribution in [0.3, 0.4) is 0 Å². The lowest BCUT2D eigenvalue weighted by atomic mass is 9.94. The van der Waals surface area contributed by atoms with Crippen molar-refractivity contribution >= 4 is 0 Å². The topological polar surface area (TPSA) is 9.23 Å². The van der Waals surface area contributed by atoms with E-state index in [-0.39, 0.29) is 0 Å². The van der Waals surface area contributed by atoms with Gasteiger partial charge in [0.05, 0.1) is 0 Å². The van der Waals surface area contributed by atoms with Crippen LogP contribution in [0.2, 0.25) is 0 Å². The Hall–Kier alpha value is -1.60. The van der Waals surface area contributed by atoms with Gasteiger partial charge in [0.2, 0.25) is 0 Å². The molecule has 0 heterocycles. The Morgan fingerprint density at radius 2 is 1.79 bits per heavy atom. The number of ether oxygens (including phenoxy) is 1. The van der Waals surface area contributed by atoms with Gasteiger partial charge in [-0.3, -0.25) is 0 Å². The zero-order valence-electron chi connectivity index (χ0n) is 22.7. The number of methoxy groups -OCH3 is 1. The van der Waals surface area contributed by atoms with Gasteiger partial charge in [0.25, 0.3) is 0 Å². The predicted molar refractivity (Wildman–Crippen MR) is 150 cm³/mol. The van der Waals surface area contributed by atoms with Crippen LogP contribution in [0, 0.1) is 17.8 Å². The van der Waals surface area contributed by atoms with Gasteiger partial charge in [-0.05, 0) is 81.6 Å². The molecule has 1 aliphatic rings. The van der Waals surface area contributed by atoms with E-state index in [1.54, 1.807) is 7.11 Å². The summed E-state index contributed by atoms with van der Waals surface area (Å²) in [7, 11) is 1.74. The first-order valence-electron chi connectivity index (χ1n) is 13.4. The predicted octanol–water partition coefficient (Wildman–Crippen LogP) is 9.99. The summed E-state index contributed by atoms with van der Waals surface area (Å²) in [5.41, 5.74) is 3.01. The smallest absolute Gasteiger partial charge is 0.0487 e. The number of unbranched alkanes of at least 4 members (excludes halogenated alkanes) is 4. The third-order valence-electron chi connectivity index (χ3n) is 6.63. The Morgan fingerprint density at radius 3 is 2.30 bits per heavy atom. The van der Waals surface area contributed by atoms with E-state index in [0.29, 0.717) is 0 Å². The minimum atomic E-state index is 0.727. The maximum atomic E-state index is 4.89. The maximum Gasteiger partial charge on any atom is 0.0487 e. The highest BCUT2D eigenvalue weighted by Gasteiger charge is 2.24. The summed E-state index contributed by atoms with van der Waals surface area (Å²) in [6, 6.07) is 10.8. The molecule has 1 heteroatoms. The number of hydrogen-bond donors (Lipinski definition) is 0. The third kappa shape index (κ3) is 17.5. The van der Waals surface area contributed by atoms with E-state index in [2.05, 4.69) is 76.4 Å². The first-order valence-corrected chi connectivity index (χ1v) is 13.4. The van der Waals surface area contributed by atoms with Crippen molar-refractivity contribution in [3.05, 3.63) is 72.9 Å². The second-order valence-corrected chi connectivity index (χ2v) is 9.59. The van der Waals surface area contributed by atoms with Gasteiger partial charge in [0, 0.05) is 13.7 Å². The van der Waals surface area contributed by atoms with Crippen molar-refractivity contribution < 1.29 is 4.74 Å². The zero-order chi connectivity index (χ0) is 24.7. The Balaban J connectivity index is 0.000000569. The molecule has 188 valence electrons. The van der Waals surface area contributed by atoms with Gasteiger partial charge < -0.3 is 4.74 Å². The van der Waals surface area contributed by atoms with E-state index in [1.165, 1.54) is 75.3 Å². The van der Waals surface area contributed by atoms with Crippen LogP contribution in [-0.4, -0.2) is 13.7 Å². The average molecular weight is 455 g/mol. The lowest BCUT2D eigenvalue weighted by molar-refractivity contribution is 0.158. The molecule has 1 aromatic rings. The number of allylic oxidation sites excluding steroid dienone is 4. The first-order chi connectivity index (χ1) is 16.0. The standard InChI is InChI=1S/C18H26.C8H14.C6H14O/c1-15-13-14-18(16(15)2)12-8-4-7-11-17-9-5-3-6-10-17;1-3-5-7-8-6-4-2;1-4-6(2)5-7-3/h3,5-6,9-10,15,18H,2,4,7-8,11-14H2,1H3;3-4,6H,1,5,7-8H2,2H3;6H,4-5H2,1-3H3. The summed E-state index contributed by atoms with van der Waals surface area (Å²) >= 11 is 0. The molecule has 3 unspecified atom stereocenters. The second kappa shape index (κ2) is 22.2. The fraction of sp³-hybridized carbons (Fsp3) is 0.625. The number of rotatable bonds is 13. The largest absolute Gasteiger partial charge is 0.384 e. The van der Waals surface area contributed by atoms with Crippen LogP contribution < -0.4 is 0 Å². The molecule has 1 fully saturated rings. The number of benzene rings is 1. The van der Waals surface area contributed by atoms with E-state index in [4.69, 9.17) is 4.74 Å². The maximum absolute atomic E-state index is 4.89. The van der Waals surface area contributed by atoms with Gasteiger partial charge >= 0.3 is 0 Å². The highest BCUT2D eigenvalue weighted by molar-refractivity contribution is 5.14. The quantitative estimate of drug-likeness (QED) is 0.213. The lowest BCUT2D eigenvalue weighted by Crippen LogP contribution is -2.00. The summed E-state index contributed by atoms with van der Waals surface area (Å²) in [6.45, 7) is 17.5. The van der Waals surface area contributed by atoms with Gasteiger partial charge in [-0.25, -0.2) is 0 Å². The van der Waals surface area contributed by atoms with Crippen LogP contribution >= 0.6 is 0 Å². The van der Waals surface area contributed by atoms with Crippen LogP contribution in [0.4, 0.5) is 0 Å². The van der Waals surface area contributed by atoms with Crippen molar-refractivity contribution in [2.75, 3.05) is 13.7 Å². The molecule has 33 heavy (non-hydrogen) atoms. The Bertz CT molecular complexity index is 600. The third-order valence-corrected chi connectivity index (χ3v) is 6.63. The van der Waals surface area contributed by atoms with E-state index in [0.717, 1.165) is 30.8 Å². The number of aryl methyl sites for hydroxylation is 1. The van der Waals surface area contributed by atoms with Crippen molar-refractivity contribution in [3.63, 3.8) is 0 Å². The molecule has 0 saturated heterocycles. The Morgan fingerprint density at radius 1 is 1.06 bits per heavy atom. The van der Waals surface area contributed by atoms with Gasteiger partial charge in [-0.1, -0.05) is 101 Å². The molecule has 3 atom stereocenters. The zero-order valence-corrected chi connectivity index (χ0v) is 22.7. The van der Waals surface area contributed by atoms with Crippen LogP contribution in [-0.2, 0) is 11.2 Å². The van der Waals surface area contributed by atoms with Crippen molar-refractivity contribution in [2.45, 2.75) is 98.3 Å². The van der Waals surface area contributed by atoms with Gasteiger partial charge in [0.1, 0.15) is 0 Å². The monoisotopic (exact) mass is 454 g/mol. The number of hydrogen-bond acceptors (Lipinski definition) is 1. The van der Waals surface area contributed by atoms with Crippen molar-refractivity contribution in [1.82, 2.24) is 0 Å². The molecule has 1 aliphatic carbocycles. The van der Waals surface area contributed by atoms with E-state index < -0.39 is 0 Å². The molecule has 0 bridgehead atoms. The van der Waals surface area contributed by atoms with E-state index in [1.807, 2.05) is 13.0 Å². The molecule has 0 amide bonds. The fourth-order valence-electron chi connectivity index (χ4n) is 4.04. The summed E-state index contributed by atoms with van der Waals surface area (Å²) in [5.74, 6) is 2.33. The molecule has 0 aliphatic heterocycles. The molecule has 0 aromatic heterocycles. The SMILES string of the molecule is C=C1C(C)CCC1CCCCCc1ccccc1.C=CCCCC=CC.CCC(C)COC. The normalized spacial score (nSPS) is 18.3. The van der Waals surface area contributed by atoms with Crippen LogP contribution in [0.5, 0.6) is 0 Å². The van der Waals surface area contributed by atoms with Crippen LogP contribution in [0.15, 0.2) is 67.3 Å². The average Bonchev–Trinajstić information content (AvgIpc) is 3.15. The summed E-state index contributed by atoms with van der Waals surface area (Å²) in [6.07, 6.45) is 20.5. The summed E-state index contributed by atoms with van der Waals surface area (Å²) < 4.78 is 4.89. The molecule has 0 radical (unpaired) electrons. The molecule has 2 rings (SSSR count). The van der Waals surface area contributed by atoms with Crippen molar-refractivity contribution in [1.29, 1.82) is 0 Å². The highest BCUT2D eigenvalue weighted by atomic mass is 16.5. The molecule has 1 nitrogen and oxygen atoms in total. The molecular formula is C32H54O.